The number of anilines is 1. The highest BCUT2D eigenvalue weighted by Gasteiger charge is 2.18. The second kappa shape index (κ2) is 8.44. The molecule has 0 bridgehead atoms. The summed E-state index contributed by atoms with van der Waals surface area (Å²) in [7, 11) is 1.28. The van der Waals surface area contributed by atoms with Gasteiger partial charge < -0.3 is 14.8 Å². The molecular formula is C21H22ClNO4. The minimum absolute atomic E-state index is 0.195. The summed E-state index contributed by atoms with van der Waals surface area (Å²) in [5.74, 6) is -0.190. The lowest BCUT2D eigenvalue weighted by molar-refractivity contribution is -0.122. The third kappa shape index (κ3) is 4.61. The van der Waals surface area contributed by atoms with E-state index in [0.29, 0.717) is 11.4 Å². The number of benzene rings is 2. The zero-order valence-electron chi connectivity index (χ0n) is 15.4. The van der Waals surface area contributed by atoms with Gasteiger partial charge >= 0.3 is 5.97 Å². The van der Waals surface area contributed by atoms with Crippen molar-refractivity contribution in [2.24, 2.45) is 0 Å². The van der Waals surface area contributed by atoms with Crippen molar-refractivity contribution in [2.75, 3.05) is 12.4 Å². The van der Waals surface area contributed by atoms with Crippen LogP contribution in [-0.4, -0.2) is 25.1 Å². The Morgan fingerprint density at radius 3 is 2.56 bits per heavy atom. The Hall–Kier alpha value is -2.53. The van der Waals surface area contributed by atoms with Crippen molar-refractivity contribution in [3.05, 3.63) is 58.1 Å². The van der Waals surface area contributed by atoms with Crippen LogP contribution in [0.3, 0.4) is 0 Å². The molecule has 3 rings (SSSR count). The average molecular weight is 388 g/mol. The Labute approximate surface area is 163 Å². The number of hydrogen-bond acceptors (Lipinski definition) is 4. The third-order valence-electron chi connectivity index (χ3n) is 4.64. The highest BCUT2D eigenvalue weighted by molar-refractivity contribution is 6.33. The largest absolute Gasteiger partial charge is 0.481 e. The first-order valence-electron chi connectivity index (χ1n) is 8.95. The van der Waals surface area contributed by atoms with Crippen molar-refractivity contribution in [3.63, 3.8) is 0 Å². The topological polar surface area (TPSA) is 64.6 Å². The number of hydrogen-bond donors (Lipinski definition) is 1. The molecule has 2 aromatic carbocycles. The molecule has 0 radical (unpaired) electrons. The van der Waals surface area contributed by atoms with Crippen molar-refractivity contribution >= 4 is 29.2 Å². The van der Waals surface area contributed by atoms with Crippen LogP contribution >= 0.6 is 11.6 Å². The lowest BCUT2D eigenvalue weighted by atomic mass is 9.92. The van der Waals surface area contributed by atoms with Gasteiger partial charge in [0.1, 0.15) is 5.75 Å². The SMILES string of the molecule is COC(=O)c1cc(NC(=O)[C@@H](C)Oc2ccc3c(c2)CCCC3)ccc1Cl. The molecule has 2 aromatic rings. The fourth-order valence-corrected chi connectivity index (χ4v) is 3.35. The van der Waals surface area contributed by atoms with Crippen LogP contribution in [0.25, 0.3) is 0 Å². The number of halogens is 1. The fraction of sp³-hybridized carbons (Fsp3) is 0.333. The molecule has 0 heterocycles. The Balaban J connectivity index is 1.67. The van der Waals surface area contributed by atoms with Gasteiger partial charge in [0.15, 0.2) is 6.10 Å². The quantitative estimate of drug-likeness (QED) is 0.772. The Kier molecular flexibility index (Phi) is 6.01. The molecule has 0 aromatic heterocycles. The number of amides is 1. The van der Waals surface area contributed by atoms with Gasteiger partial charge in [0.2, 0.25) is 0 Å². The van der Waals surface area contributed by atoms with E-state index in [1.165, 1.54) is 37.1 Å². The third-order valence-corrected chi connectivity index (χ3v) is 4.97. The van der Waals surface area contributed by atoms with Gasteiger partial charge in [0.05, 0.1) is 17.7 Å². The van der Waals surface area contributed by atoms with Gasteiger partial charge in [-0.15, -0.1) is 0 Å². The number of aryl methyl sites for hydroxylation is 2. The molecule has 6 heteroatoms. The predicted octanol–water partition coefficient (Wildman–Crippen LogP) is 4.41. The van der Waals surface area contributed by atoms with Crippen molar-refractivity contribution in [2.45, 2.75) is 38.7 Å². The summed E-state index contributed by atoms with van der Waals surface area (Å²) >= 11 is 6.00. The first kappa shape index (κ1) is 19.2. The molecule has 142 valence electrons. The summed E-state index contributed by atoms with van der Waals surface area (Å²) in [6.07, 6.45) is 3.87. The molecule has 0 unspecified atom stereocenters. The molecule has 1 N–H and O–H groups in total. The fourth-order valence-electron chi connectivity index (χ4n) is 3.15. The maximum absolute atomic E-state index is 12.5. The maximum Gasteiger partial charge on any atom is 0.339 e. The summed E-state index contributed by atoms with van der Waals surface area (Å²) < 4.78 is 10.5. The van der Waals surface area contributed by atoms with Crippen LogP contribution in [0.4, 0.5) is 5.69 Å². The Morgan fingerprint density at radius 2 is 1.81 bits per heavy atom. The number of rotatable bonds is 5. The van der Waals surface area contributed by atoms with E-state index in [2.05, 4.69) is 16.1 Å². The van der Waals surface area contributed by atoms with E-state index in [1.54, 1.807) is 19.1 Å². The molecule has 0 spiro atoms. The molecule has 1 aliphatic rings. The van der Waals surface area contributed by atoms with Crippen LogP contribution in [0.1, 0.15) is 41.3 Å². The minimum Gasteiger partial charge on any atom is -0.481 e. The molecule has 1 amide bonds. The first-order chi connectivity index (χ1) is 13.0. The monoisotopic (exact) mass is 387 g/mol. The van der Waals surface area contributed by atoms with Crippen molar-refractivity contribution < 1.29 is 19.1 Å². The van der Waals surface area contributed by atoms with E-state index < -0.39 is 12.1 Å². The van der Waals surface area contributed by atoms with Crippen molar-refractivity contribution in [3.8, 4) is 5.75 Å². The smallest absolute Gasteiger partial charge is 0.339 e. The standard InChI is InChI=1S/C21H22ClNO4/c1-13(27-17-9-7-14-5-3-4-6-15(14)11-17)20(24)23-16-8-10-19(22)18(12-16)21(25)26-2/h7-13H,3-6H2,1-2H3,(H,23,24)/t13-/m1/s1. The summed E-state index contributed by atoms with van der Waals surface area (Å²) in [6, 6.07) is 10.7. The second-order valence-electron chi connectivity index (χ2n) is 6.57. The average Bonchev–Trinajstić information content (AvgIpc) is 2.68. The molecule has 1 aliphatic carbocycles. The zero-order chi connectivity index (χ0) is 19.4. The van der Waals surface area contributed by atoms with E-state index in [-0.39, 0.29) is 16.5 Å². The van der Waals surface area contributed by atoms with Crippen LogP contribution < -0.4 is 10.1 Å². The van der Waals surface area contributed by atoms with Gasteiger partial charge in [-0.2, -0.15) is 0 Å². The van der Waals surface area contributed by atoms with Crippen molar-refractivity contribution in [1.82, 2.24) is 0 Å². The van der Waals surface area contributed by atoms with Crippen LogP contribution in [0.2, 0.25) is 5.02 Å². The predicted molar refractivity (Wildman–Crippen MR) is 105 cm³/mol. The van der Waals surface area contributed by atoms with E-state index in [0.717, 1.165) is 12.8 Å². The molecule has 27 heavy (non-hydrogen) atoms. The number of ether oxygens (including phenoxy) is 2. The number of fused-ring (bicyclic) bond motifs is 1. The lowest BCUT2D eigenvalue weighted by Crippen LogP contribution is -2.30. The maximum atomic E-state index is 12.5. The molecule has 0 saturated heterocycles. The van der Waals surface area contributed by atoms with Gasteiger partial charge in [-0.25, -0.2) is 4.79 Å². The molecule has 0 saturated carbocycles. The second-order valence-corrected chi connectivity index (χ2v) is 6.98. The van der Waals surface area contributed by atoms with Gasteiger partial charge in [0, 0.05) is 5.69 Å². The Morgan fingerprint density at radius 1 is 1.07 bits per heavy atom. The van der Waals surface area contributed by atoms with Gasteiger partial charge in [-0.1, -0.05) is 17.7 Å². The van der Waals surface area contributed by atoms with Crippen LogP contribution in [0, 0.1) is 0 Å². The summed E-state index contributed by atoms with van der Waals surface area (Å²) in [6.45, 7) is 1.69. The summed E-state index contributed by atoms with van der Waals surface area (Å²) in [5.41, 5.74) is 3.31. The van der Waals surface area contributed by atoms with Gasteiger partial charge in [-0.3, -0.25) is 4.79 Å². The normalized spacial score (nSPS) is 14.0. The number of carbonyl (C=O) groups excluding carboxylic acids is 2. The van der Waals surface area contributed by atoms with E-state index >= 15 is 0 Å². The first-order valence-corrected chi connectivity index (χ1v) is 9.33. The highest BCUT2D eigenvalue weighted by Crippen LogP contribution is 2.26. The van der Waals surface area contributed by atoms with Crippen LogP contribution in [0.15, 0.2) is 36.4 Å². The van der Waals surface area contributed by atoms with Crippen LogP contribution in [-0.2, 0) is 22.4 Å². The van der Waals surface area contributed by atoms with E-state index in [1.807, 2.05) is 12.1 Å². The minimum atomic E-state index is -0.691. The number of methoxy groups -OCH3 is 1. The van der Waals surface area contributed by atoms with Gasteiger partial charge in [0.25, 0.3) is 5.91 Å². The molecule has 0 aliphatic heterocycles. The number of esters is 1. The van der Waals surface area contributed by atoms with Crippen molar-refractivity contribution in [1.29, 1.82) is 0 Å². The number of carbonyl (C=O) groups is 2. The van der Waals surface area contributed by atoms with E-state index in [9.17, 15) is 9.59 Å². The molecule has 1 atom stereocenters. The number of nitrogens with one attached hydrogen (secondary N) is 1. The van der Waals surface area contributed by atoms with Gasteiger partial charge in [-0.05, 0) is 74.1 Å². The zero-order valence-corrected chi connectivity index (χ0v) is 16.1. The highest BCUT2D eigenvalue weighted by atomic mass is 35.5. The van der Waals surface area contributed by atoms with E-state index in [4.69, 9.17) is 16.3 Å². The Bertz CT molecular complexity index is 865. The lowest BCUT2D eigenvalue weighted by Gasteiger charge is -2.19. The molecular weight excluding hydrogens is 366 g/mol. The molecule has 0 fully saturated rings. The summed E-state index contributed by atoms with van der Waals surface area (Å²) in [5, 5.41) is 3.00. The van der Waals surface area contributed by atoms with Crippen LogP contribution in [0.5, 0.6) is 5.75 Å². The molecule has 5 nitrogen and oxygen atoms in total. The summed E-state index contributed by atoms with van der Waals surface area (Å²) in [4.78, 5) is 24.2.